The van der Waals surface area contributed by atoms with Crippen molar-refractivity contribution in [1.82, 2.24) is 8.94 Å². The van der Waals surface area contributed by atoms with Crippen LogP contribution in [0.5, 0.6) is 0 Å². The minimum Gasteiger partial charge on any atom is -0.548 e. The van der Waals surface area contributed by atoms with Crippen LogP contribution < -0.4 is 34.7 Å². The third-order valence-corrected chi connectivity index (χ3v) is 5.21. The zero-order valence-electron chi connectivity index (χ0n) is 14.4. The number of aromatic nitrogens is 2. The molecule has 0 fully saturated rings. The summed E-state index contributed by atoms with van der Waals surface area (Å²) in [6.45, 7) is 3.82. The number of benzene rings is 2. The molecule has 0 amide bonds. The van der Waals surface area contributed by atoms with E-state index in [-0.39, 0.29) is 36.1 Å². The van der Waals surface area contributed by atoms with E-state index in [1.165, 1.54) is 11.5 Å². The van der Waals surface area contributed by atoms with Crippen molar-refractivity contribution in [3.63, 3.8) is 0 Å². The Labute approximate surface area is 171 Å². The molecule has 120 valence electrons. The number of carboxylic acids is 1. The van der Waals surface area contributed by atoms with Crippen LogP contribution in [0.3, 0.4) is 0 Å². The molecule has 0 aliphatic heterocycles. The molecule has 6 heteroatoms. The Bertz CT molecular complexity index is 1100. The van der Waals surface area contributed by atoms with Crippen molar-refractivity contribution in [2.75, 3.05) is 0 Å². The first-order chi connectivity index (χ1) is 11.6. The van der Waals surface area contributed by atoms with Crippen LogP contribution in [0.1, 0.15) is 11.3 Å². The standard InChI is InChI=1S/C19H16N2O2S.Na/c1-11-7-8-15-14(9-11)18(12(2)21(15)10-17(22)23)19-13-5-3-4-6-16(13)24-20-19;/h3-9H,10H2,1-2H3,(H,22,23);/q;+1/p-1. The number of aliphatic carboxylic acids is 1. The van der Waals surface area contributed by atoms with Crippen molar-refractivity contribution in [2.45, 2.75) is 20.4 Å². The molecule has 0 aliphatic rings. The molecule has 0 unspecified atom stereocenters. The van der Waals surface area contributed by atoms with Gasteiger partial charge in [0.05, 0.1) is 22.9 Å². The van der Waals surface area contributed by atoms with E-state index < -0.39 is 5.97 Å². The van der Waals surface area contributed by atoms with E-state index in [1.807, 2.05) is 38.1 Å². The first kappa shape index (κ1) is 18.1. The minimum atomic E-state index is -1.09. The third kappa shape index (κ3) is 3.02. The fraction of sp³-hybridized carbons (Fsp3) is 0.158. The summed E-state index contributed by atoms with van der Waals surface area (Å²) in [6, 6.07) is 14.2. The van der Waals surface area contributed by atoms with Crippen LogP contribution in [0, 0.1) is 13.8 Å². The number of carbonyl (C=O) groups excluding carboxylic acids is 1. The summed E-state index contributed by atoms with van der Waals surface area (Å²) in [5, 5.41) is 13.3. The molecule has 4 nitrogen and oxygen atoms in total. The Hall–Kier alpha value is -1.66. The van der Waals surface area contributed by atoms with Crippen molar-refractivity contribution in [1.29, 1.82) is 0 Å². The van der Waals surface area contributed by atoms with Gasteiger partial charge in [0.25, 0.3) is 0 Å². The van der Waals surface area contributed by atoms with Crippen molar-refractivity contribution in [3.8, 4) is 11.3 Å². The largest absolute Gasteiger partial charge is 1.00 e. The van der Waals surface area contributed by atoms with E-state index >= 15 is 0 Å². The van der Waals surface area contributed by atoms with Gasteiger partial charge in [-0.3, -0.25) is 0 Å². The second-order valence-corrected chi connectivity index (χ2v) is 6.77. The van der Waals surface area contributed by atoms with Gasteiger partial charge in [0.1, 0.15) is 0 Å². The maximum atomic E-state index is 11.2. The number of nitrogens with zero attached hydrogens (tertiary/aromatic N) is 2. The number of carboxylic acid groups (broad SMARTS) is 1. The van der Waals surface area contributed by atoms with E-state index in [0.29, 0.717) is 0 Å². The molecule has 25 heavy (non-hydrogen) atoms. The summed E-state index contributed by atoms with van der Waals surface area (Å²) in [7, 11) is 0. The van der Waals surface area contributed by atoms with Gasteiger partial charge in [0, 0.05) is 27.5 Å². The van der Waals surface area contributed by atoms with Crippen molar-refractivity contribution < 1.29 is 39.5 Å². The van der Waals surface area contributed by atoms with Gasteiger partial charge < -0.3 is 14.5 Å². The van der Waals surface area contributed by atoms with Gasteiger partial charge in [-0.2, -0.15) is 4.37 Å². The zero-order chi connectivity index (χ0) is 16.8. The molecule has 0 N–H and O–H groups in total. The summed E-state index contributed by atoms with van der Waals surface area (Å²) in [5.74, 6) is -1.09. The van der Waals surface area contributed by atoms with Crippen molar-refractivity contribution in [3.05, 3.63) is 53.7 Å². The van der Waals surface area contributed by atoms with E-state index in [1.54, 1.807) is 4.57 Å². The van der Waals surface area contributed by atoms with Crippen molar-refractivity contribution >= 4 is 38.5 Å². The van der Waals surface area contributed by atoms with Gasteiger partial charge in [-0.05, 0) is 43.6 Å². The monoisotopic (exact) mass is 358 g/mol. The molecule has 2 heterocycles. The second-order valence-electron chi connectivity index (χ2n) is 5.97. The van der Waals surface area contributed by atoms with Crippen LogP contribution in [0.2, 0.25) is 0 Å². The molecule has 4 aromatic rings. The Morgan fingerprint density at radius 1 is 1.16 bits per heavy atom. The van der Waals surface area contributed by atoms with E-state index in [2.05, 4.69) is 22.6 Å². The van der Waals surface area contributed by atoms with Gasteiger partial charge in [0.15, 0.2) is 0 Å². The van der Waals surface area contributed by atoms with Crippen LogP contribution in [0.15, 0.2) is 42.5 Å². The third-order valence-electron chi connectivity index (χ3n) is 4.38. The molecule has 0 saturated heterocycles. The second kappa shape index (κ2) is 6.92. The topological polar surface area (TPSA) is 58.0 Å². The van der Waals surface area contributed by atoms with E-state index in [9.17, 15) is 9.90 Å². The summed E-state index contributed by atoms with van der Waals surface area (Å²) in [4.78, 5) is 11.2. The van der Waals surface area contributed by atoms with Gasteiger partial charge in [-0.15, -0.1) is 0 Å². The number of fused-ring (bicyclic) bond motifs is 2. The van der Waals surface area contributed by atoms with Crippen LogP contribution in [-0.2, 0) is 11.3 Å². The fourth-order valence-electron chi connectivity index (χ4n) is 3.29. The Kier molecular flexibility index (Phi) is 5.02. The van der Waals surface area contributed by atoms with Gasteiger partial charge >= 0.3 is 29.6 Å². The summed E-state index contributed by atoms with van der Waals surface area (Å²) in [5.41, 5.74) is 4.85. The average molecular weight is 358 g/mol. The molecule has 0 atom stereocenters. The molecule has 0 radical (unpaired) electrons. The molecular formula is C19H15N2NaO2S. The van der Waals surface area contributed by atoms with Crippen LogP contribution >= 0.6 is 11.5 Å². The molecule has 4 rings (SSSR count). The van der Waals surface area contributed by atoms with E-state index in [4.69, 9.17) is 0 Å². The maximum absolute atomic E-state index is 11.2. The zero-order valence-corrected chi connectivity index (χ0v) is 17.2. The van der Waals surface area contributed by atoms with Gasteiger partial charge in [0.2, 0.25) is 0 Å². The molecule has 2 aromatic carbocycles. The van der Waals surface area contributed by atoms with Crippen LogP contribution in [0.4, 0.5) is 0 Å². The first-order valence-electron chi connectivity index (χ1n) is 7.70. The number of aryl methyl sites for hydroxylation is 1. The molecular weight excluding hydrogens is 343 g/mol. The first-order valence-corrected chi connectivity index (χ1v) is 8.47. The Morgan fingerprint density at radius 2 is 1.92 bits per heavy atom. The van der Waals surface area contributed by atoms with E-state index in [0.717, 1.165) is 43.5 Å². The summed E-state index contributed by atoms with van der Waals surface area (Å²) < 4.78 is 7.59. The molecule has 0 aliphatic carbocycles. The van der Waals surface area contributed by atoms with Gasteiger partial charge in [-0.1, -0.05) is 29.8 Å². The van der Waals surface area contributed by atoms with Crippen LogP contribution in [-0.4, -0.2) is 14.9 Å². The normalized spacial score (nSPS) is 11.0. The number of carbonyl (C=O) groups is 1. The average Bonchev–Trinajstić information content (AvgIpc) is 3.07. The predicted octanol–water partition coefficient (Wildman–Crippen LogP) is 0.289. The number of hydrogen-bond acceptors (Lipinski definition) is 4. The smallest absolute Gasteiger partial charge is 0.548 e. The van der Waals surface area contributed by atoms with Crippen molar-refractivity contribution in [2.24, 2.45) is 0 Å². The number of hydrogen-bond donors (Lipinski definition) is 0. The summed E-state index contributed by atoms with van der Waals surface area (Å²) >= 11 is 1.47. The van der Waals surface area contributed by atoms with Crippen LogP contribution in [0.25, 0.3) is 32.2 Å². The number of rotatable bonds is 3. The maximum Gasteiger partial charge on any atom is 1.00 e. The SMILES string of the molecule is Cc1ccc2c(c1)c(-c1nsc3ccccc13)c(C)n2CC(=O)[O-].[Na+]. The van der Waals surface area contributed by atoms with Gasteiger partial charge in [-0.25, -0.2) is 0 Å². The molecule has 0 bridgehead atoms. The minimum absolute atomic E-state index is 0. The predicted molar refractivity (Wildman–Crippen MR) is 95.0 cm³/mol. The molecule has 2 aromatic heterocycles. The Balaban J connectivity index is 0.00000182. The Morgan fingerprint density at radius 3 is 2.68 bits per heavy atom. The molecule has 0 saturated carbocycles. The quantitative estimate of drug-likeness (QED) is 0.495. The fourth-order valence-corrected chi connectivity index (χ4v) is 4.08. The molecule has 0 spiro atoms. The summed E-state index contributed by atoms with van der Waals surface area (Å²) in [6.07, 6.45) is 0.